The number of carbonyl (C=O) groups is 1. The van der Waals surface area contributed by atoms with Crippen molar-refractivity contribution in [2.45, 2.75) is 39.0 Å². The molecule has 2 fully saturated rings. The van der Waals surface area contributed by atoms with E-state index in [1.165, 1.54) is 37.8 Å². The minimum absolute atomic E-state index is 0.121. The number of aryl methyl sites for hydroxylation is 1. The quantitative estimate of drug-likeness (QED) is 0.732. The van der Waals surface area contributed by atoms with E-state index in [-0.39, 0.29) is 11.6 Å². The number of fused-ring (bicyclic) bond motifs is 2. The third-order valence-corrected chi connectivity index (χ3v) is 4.70. The van der Waals surface area contributed by atoms with Crippen molar-refractivity contribution in [2.75, 3.05) is 0 Å². The Hall–Kier alpha value is -1.18. The van der Waals surface area contributed by atoms with Crippen molar-refractivity contribution in [1.82, 2.24) is 0 Å². The van der Waals surface area contributed by atoms with E-state index in [1.54, 1.807) is 6.07 Å². The van der Waals surface area contributed by atoms with E-state index >= 15 is 0 Å². The van der Waals surface area contributed by atoms with Gasteiger partial charge in [0.25, 0.3) is 0 Å². The molecule has 18 heavy (non-hydrogen) atoms. The normalized spacial score (nSPS) is 29.8. The molecule has 0 aliphatic heterocycles. The summed E-state index contributed by atoms with van der Waals surface area (Å²) in [5, 5.41) is 0. The summed E-state index contributed by atoms with van der Waals surface area (Å²) in [5.74, 6) is 2.00. The Balaban J connectivity index is 1.71. The molecule has 2 heteroatoms. The van der Waals surface area contributed by atoms with Gasteiger partial charge in [-0.25, -0.2) is 4.39 Å². The van der Waals surface area contributed by atoms with Crippen LogP contribution in [0, 0.1) is 30.5 Å². The van der Waals surface area contributed by atoms with Crippen LogP contribution in [-0.2, 0) is 0 Å². The summed E-state index contributed by atoms with van der Waals surface area (Å²) >= 11 is 0. The van der Waals surface area contributed by atoms with Crippen molar-refractivity contribution < 1.29 is 9.18 Å². The third kappa shape index (κ3) is 2.21. The van der Waals surface area contributed by atoms with E-state index in [2.05, 4.69) is 0 Å². The largest absolute Gasteiger partial charge is 0.294 e. The monoisotopic (exact) mass is 246 g/mol. The van der Waals surface area contributed by atoms with E-state index in [0.717, 1.165) is 17.4 Å². The molecule has 3 atom stereocenters. The second-order valence-electron chi connectivity index (χ2n) is 6.08. The molecule has 3 unspecified atom stereocenters. The lowest BCUT2D eigenvalue weighted by Crippen LogP contribution is -2.15. The highest BCUT2D eigenvalue weighted by molar-refractivity contribution is 5.96. The number of hydrogen-bond donors (Lipinski definition) is 0. The maximum Gasteiger partial charge on any atom is 0.163 e. The lowest BCUT2D eigenvalue weighted by Gasteiger charge is -2.20. The molecule has 2 aliphatic carbocycles. The van der Waals surface area contributed by atoms with Gasteiger partial charge < -0.3 is 0 Å². The molecule has 1 nitrogen and oxygen atoms in total. The van der Waals surface area contributed by atoms with Crippen LogP contribution in [0.25, 0.3) is 0 Å². The maximum absolute atomic E-state index is 13.3. The molecule has 0 radical (unpaired) electrons. The van der Waals surface area contributed by atoms with Crippen molar-refractivity contribution in [3.63, 3.8) is 0 Å². The van der Waals surface area contributed by atoms with Crippen LogP contribution in [0.15, 0.2) is 18.2 Å². The standard InChI is InChI=1S/C16H19FO/c1-10-4-14(8-15(17)5-10)16(18)9-13-7-11-2-3-12(13)6-11/h4-5,8,11-13H,2-3,6-7,9H2,1H3. The average molecular weight is 246 g/mol. The maximum atomic E-state index is 13.3. The SMILES string of the molecule is Cc1cc(F)cc(C(=O)CC2CC3CCC2C3)c1. The van der Waals surface area contributed by atoms with Gasteiger partial charge in [-0.1, -0.05) is 6.42 Å². The van der Waals surface area contributed by atoms with Crippen molar-refractivity contribution in [3.8, 4) is 0 Å². The van der Waals surface area contributed by atoms with Gasteiger partial charge in [-0.15, -0.1) is 0 Å². The van der Waals surface area contributed by atoms with Crippen LogP contribution in [0.2, 0.25) is 0 Å². The van der Waals surface area contributed by atoms with Gasteiger partial charge in [0.2, 0.25) is 0 Å². The van der Waals surface area contributed by atoms with Crippen LogP contribution in [0.5, 0.6) is 0 Å². The van der Waals surface area contributed by atoms with Crippen LogP contribution in [0.1, 0.15) is 48.0 Å². The average Bonchev–Trinajstić information content (AvgIpc) is 2.89. The summed E-state index contributed by atoms with van der Waals surface area (Å²) in [5.41, 5.74) is 1.38. The smallest absolute Gasteiger partial charge is 0.163 e. The molecule has 1 aromatic carbocycles. The zero-order chi connectivity index (χ0) is 12.7. The minimum atomic E-state index is -0.300. The zero-order valence-electron chi connectivity index (χ0n) is 10.8. The summed E-state index contributed by atoms with van der Waals surface area (Å²) < 4.78 is 13.3. The number of rotatable bonds is 3. The highest BCUT2D eigenvalue weighted by Gasteiger charge is 2.40. The summed E-state index contributed by atoms with van der Waals surface area (Å²) in [6.07, 6.45) is 5.80. The predicted octanol–water partition coefficient (Wildman–Crippen LogP) is 4.14. The number of hydrogen-bond acceptors (Lipinski definition) is 1. The molecule has 0 spiro atoms. The first-order valence-corrected chi connectivity index (χ1v) is 6.92. The van der Waals surface area contributed by atoms with Crippen LogP contribution < -0.4 is 0 Å². The van der Waals surface area contributed by atoms with E-state index < -0.39 is 0 Å². The number of halogens is 1. The van der Waals surface area contributed by atoms with Gasteiger partial charge in [-0.3, -0.25) is 4.79 Å². The molecule has 0 saturated heterocycles. The molecule has 96 valence electrons. The summed E-state index contributed by atoms with van der Waals surface area (Å²) in [6.45, 7) is 1.83. The number of carbonyl (C=O) groups excluding carboxylic acids is 1. The summed E-state index contributed by atoms with van der Waals surface area (Å²) in [7, 11) is 0. The van der Waals surface area contributed by atoms with Crippen LogP contribution >= 0.6 is 0 Å². The third-order valence-electron chi connectivity index (χ3n) is 4.70. The molecule has 0 amide bonds. The second kappa shape index (κ2) is 4.49. The van der Waals surface area contributed by atoms with E-state index in [9.17, 15) is 9.18 Å². The van der Waals surface area contributed by atoms with Gasteiger partial charge in [0.1, 0.15) is 5.82 Å². The molecule has 0 aromatic heterocycles. The Bertz CT molecular complexity index is 460. The molecular formula is C16H19FO. The van der Waals surface area contributed by atoms with Crippen molar-refractivity contribution in [2.24, 2.45) is 17.8 Å². The predicted molar refractivity (Wildman–Crippen MR) is 69.0 cm³/mol. The summed E-state index contributed by atoms with van der Waals surface area (Å²) in [4.78, 5) is 12.2. The lowest BCUT2D eigenvalue weighted by molar-refractivity contribution is 0.0943. The second-order valence-corrected chi connectivity index (χ2v) is 6.08. The van der Waals surface area contributed by atoms with Crippen molar-refractivity contribution in [1.29, 1.82) is 0 Å². The first-order chi connectivity index (χ1) is 8.61. The van der Waals surface area contributed by atoms with Crippen LogP contribution in [-0.4, -0.2) is 5.78 Å². The van der Waals surface area contributed by atoms with E-state index in [4.69, 9.17) is 0 Å². The molecule has 2 saturated carbocycles. The Morgan fingerprint density at radius 2 is 2.11 bits per heavy atom. The molecule has 0 N–H and O–H groups in total. The van der Waals surface area contributed by atoms with Gasteiger partial charge in [-0.05, 0) is 67.7 Å². The van der Waals surface area contributed by atoms with E-state index in [1.807, 2.05) is 6.92 Å². The number of benzene rings is 1. The van der Waals surface area contributed by atoms with Crippen LogP contribution in [0.4, 0.5) is 4.39 Å². The lowest BCUT2D eigenvalue weighted by atomic mass is 9.84. The fraction of sp³-hybridized carbons (Fsp3) is 0.562. The number of ketones is 1. The fourth-order valence-corrected chi connectivity index (χ4v) is 3.88. The molecule has 1 aromatic rings. The topological polar surface area (TPSA) is 17.1 Å². The van der Waals surface area contributed by atoms with E-state index in [0.29, 0.717) is 17.9 Å². The van der Waals surface area contributed by atoms with Gasteiger partial charge in [0.15, 0.2) is 5.78 Å². The number of Topliss-reactive ketones (excluding diaryl/α,β-unsaturated/α-hetero) is 1. The summed E-state index contributed by atoms with van der Waals surface area (Å²) in [6, 6.07) is 4.65. The zero-order valence-corrected chi connectivity index (χ0v) is 10.8. The van der Waals surface area contributed by atoms with Gasteiger partial charge >= 0.3 is 0 Å². The Labute approximate surface area is 107 Å². The molecule has 3 rings (SSSR count). The van der Waals surface area contributed by atoms with Crippen molar-refractivity contribution in [3.05, 3.63) is 35.1 Å². The Morgan fingerprint density at radius 3 is 2.72 bits per heavy atom. The van der Waals surface area contributed by atoms with Gasteiger partial charge in [0.05, 0.1) is 0 Å². The van der Waals surface area contributed by atoms with Crippen molar-refractivity contribution >= 4 is 5.78 Å². The highest BCUT2D eigenvalue weighted by Crippen LogP contribution is 2.49. The first kappa shape index (κ1) is 11.9. The molecule has 2 bridgehead atoms. The highest BCUT2D eigenvalue weighted by atomic mass is 19.1. The van der Waals surface area contributed by atoms with Crippen LogP contribution in [0.3, 0.4) is 0 Å². The van der Waals surface area contributed by atoms with Gasteiger partial charge in [-0.2, -0.15) is 0 Å². The Kier molecular flexibility index (Phi) is 2.96. The Morgan fingerprint density at radius 1 is 1.28 bits per heavy atom. The molecule has 2 aliphatic rings. The molecule has 0 heterocycles. The molecular weight excluding hydrogens is 227 g/mol. The first-order valence-electron chi connectivity index (χ1n) is 6.92. The van der Waals surface area contributed by atoms with Gasteiger partial charge in [0, 0.05) is 12.0 Å². The fourth-order valence-electron chi connectivity index (χ4n) is 3.88. The minimum Gasteiger partial charge on any atom is -0.294 e.